The number of nitrogens with zero attached hydrogens (tertiary/aromatic N) is 5. The molecular weight excluding hydrogens is 154 g/mol. The van der Waals surface area contributed by atoms with Gasteiger partial charge >= 0.3 is 0 Å². The van der Waals surface area contributed by atoms with Crippen LogP contribution in [0.2, 0.25) is 0 Å². The third-order valence-corrected chi connectivity index (χ3v) is 1.35. The largest absolute Gasteiger partial charge is 0.162 e. The van der Waals surface area contributed by atoms with Gasteiger partial charge in [-0.15, -0.1) is 14.8 Å². The van der Waals surface area contributed by atoms with Crippen LogP contribution in [0.3, 0.4) is 0 Å². The van der Waals surface area contributed by atoms with Crippen molar-refractivity contribution in [3.05, 3.63) is 43.0 Å². The predicted molar refractivity (Wildman–Crippen MR) is 41.9 cm³/mol. The molecule has 0 amide bonds. The summed E-state index contributed by atoms with van der Waals surface area (Å²) in [4.78, 5) is 0. The van der Waals surface area contributed by atoms with Crippen LogP contribution >= 0.6 is 0 Å². The SMILES string of the molecule is c1cccn2nncnn2cc1. The molecule has 0 saturated heterocycles. The summed E-state index contributed by atoms with van der Waals surface area (Å²) in [6.45, 7) is 0. The Labute approximate surface area is 68.6 Å². The number of rotatable bonds is 0. The summed E-state index contributed by atoms with van der Waals surface area (Å²) >= 11 is 0. The first-order valence-corrected chi connectivity index (χ1v) is 3.50. The second-order valence-corrected chi connectivity index (χ2v) is 2.14. The molecule has 0 aliphatic rings. The lowest BCUT2D eigenvalue weighted by Crippen LogP contribution is -2.07. The van der Waals surface area contributed by atoms with E-state index in [4.69, 9.17) is 0 Å². The van der Waals surface area contributed by atoms with Crippen molar-refractivity contribution in [1.82, 2.24) is 24.7 Å². The molecule has 0 bridgehead atoms. The zero-order chi connectivity index (χ0) is 8.23. The molecule has 0 aliphatic heterocycles. The molecule has 2 aromatic rings. The Morgan fingerprint density at radius 2 is 1.58 bits per heavy atom. The molecule has 5 nitrogen and oxygen atoms in total. The summed E-state index contributed by atoms with van der Waals surface area (Å²) in [5.74, 6) is 0. The summed E-state index contributed by atoms with van der Waals surface area (Å²) in [5.41, 5.74) is 0. The van der Waals surface area contributed by atoms with Crippen LogP contribution in [0.25, 0.3) is 0 Å². The van der Waals surface area contributed by atoms with Gasteiger partial charge in [0.1, 0.15) is 0 Å². The molecule has 0 aromatic carbocycles. The molecule has 2 rings (SSSR count). The van der Waals surface area contributed by atoms with Crippen molar-refractivity contribution < 1.29 is 0 Å². The first kappa shape index (κ1) is 6.78. The van der Waals surface area contributed by atoms with Gasteiger partial charge in [0.2, 0.25) is 0 Å². The summed E-state index contributed by atoms with van der Waals surface area (Å²) in [5, 5.41) is 11.4. The zero-order valence-electron chi connectivity index (χ0n) is 6.28. The molecule has 0 saturated carbocycles. The molecule has 0 atom stereocenters. The molecule has 2 aromatic heterocycles. The van der Waals surface area contributed by atoms with Crippen LogP contribution in [-0.2, 0) is 0 Å². The van der Waals surface area contributed by atoms with E-state index in [0.717, 1.165) is 0 Å². The van der Waals surface area contributed by atoms with E-state index in [2.05, 4.69) is 15.4 Å². The van der Waals surface area contributed by atoms with Crippen molar-refractivity contribution >= 4 is 0 Å². The van der Waals surface area contributed by atoms with Crippen LogP contribution < -0.4 is 0 Å². The fourth-order valence-electron chi connectivity index (χ4n) is 0.832. The molecule has 5 heteroatoms. The van der Waals surface area contributed by atoms with E-state index in [9.17, 15) is 0 Å². The van der Waals surface area contributed by atoms with Gasteiger partial charge in [0.05, 0.1) is 6.20 Å². The van der Waals surface area contributed by atoms with Crippen molar-refractivity contribution in [1.29, 1.82) is 0 Å². The molecule has 60 valence electrons. The number of fused-ring (bicyclic) bond motifs is 1. The van der Waals surface area contributed by atoms with Gasteiger partial charge in [-0.2, -0.15) is 4.63 Å². The topological polar surface area (TPSA) is 47.5 Å². The molecular formula is C7H7N5. The van der Waals surface area contributed by atoms with Crippen LogP contribution in [0.1, 0.15) is 0 Å². The van der Waals surface area contributed by atoms with E-state index >= 15 is 0 Å². The van der Waals surface area contributed by atoms with E-state index in [-0.39, 0.29) is 0 Å². The Kier molecular flexibility index (Phi) is 1.69. The van der Waals surface area contributed by atoms with Gasteiger partial charge in [-0.25, -0.2) is 0 Å². The summed E-state index contributed by atoms with van der Waals surface area (Å²) in [6.07, 6.45) is 4.94. The van der Waals surface area contributed by atoms with Gasteiger partial charge in [0.25, 0.3) is 0 Å². The van der Waals surface area contributed by atoms with E-state index in [1.54, 1.807) is 17.0 Å². The standard InChI is InChI=1S/C7H7N5/c1-2-4-6-12-10-8-7-9-11(12)5-3-1/h1-7H. The van der Waals surface area contributed by atoms with Crippen molar-refractivity contribution in [3.8, 4) is 0 Å². The van der Waals surface area contributed by atoms with Crippen LogP contribution in [0, 0.1) is 0 Å². The lowest BCUT2D eigenvalue weighted by atomic mass is 10.5. The highest BCUT2D eigenvalue weighted by Crippen LogP contribution is 1.79. The number of aromatic nitrogens is 5. The van der Waals surface area contributed by atoms with Crippen LogP contribution in [0.15, 0.2) is 43.0 Å². The van der Waals surface area contributed by atoms with Crippen LogP contribution in [0.5, 0.6) is 0 Å². The second-order valence-electron chi connectivity index (χ2n) is 2.14. The molecule has 0 spiro atoms. The highest BCUT2D eigenvalue weighted by Gasteiger charge is 1.80. The minimum atomic E-state index is 1.39. The first-order valence-electron chi connectivity index (χ1n) is 3.50. The molecule has 0 radical (unpaired) electrons. The van der Waals surface area contributed by atoms with Crippen molar-refractivity contribution in [2.24, 2.45) is 0 Å². The van der Waals surface area contributed by atoms with Gasteiger partial charge < -0.3 is 0 Å². The Hall–Kier alpha value is -1.91. The maximum Gasteiger partial charge on any atom is 0.162 e. The average molecular weight is 161 g/mol. The normalized spacial score (nSPS) is 9.67. The van der Waals surface area contributed by atoms with Gasteiger partial charge in [0.15, 0.2) is 6.33 Å². The Morgan fingerprint density at radius 3 is 2.42 bits per heavy atom. The fourth-order valence-corrected chi connectivity index (χ4v) is 0.832. The number of hydrogen-bond acceptors (Lipinski definition) is 3. The quantitative estimate of drug-likeness (QED) is 0.560. The molecule has 0 N–H and O–H groups in total. The van der Waals surface area contributed by atoms with Crippen molar-refractivity contribution in [3.63, 3.8) is 0 Å². The molecule has 0 fully saturated rings. The summed E-state index contributed by atoms with van der Waals surface area (Å²) < 4.78 is 3.10. The lowest BCUT2D eigenvalue weighted by molar-refractivity contribution is 0.542. The monoisotopic (exact) mass is 161 g/mol. The molecule has 12 heavy (non-hydrogen) atoms. The molecule has 0 aliphatic carbocycles. The highest BCUT2D eigenvalue weighted by atomic mass is 15.6. The van der Waals surface area contributed by atoms with Gasteiger partial charge in [-0.3, -0.25) is 0 Å². The third kappa shape index (κ3) is 1.24. The van der Waals surface area contributed by atoms with E-state index in [0.29, 0.717) is 0 Å². The Balaban J connectivity index is 2.83. The van der Waals surface area contributed by atoms with Crippen LogP contribution in [-0.4, -0.2) is 24.7 Å². The summed E-state index contributed by atoms with van der Waals surface area (Å²) in [7, 11) is 0. The van der Waals surface area contributed by atoms with Gasteiger partial charge in [-0.05, 0) is 17.3 Å². The van der Waals surface area contributed by atoms with Gasteiger partial charge in [0, 0.05) is 6.20 Å². The number of hydrogen-bond donors (Lipinski definition) is 0. The average Bonchev–Trinajstić information content (AvgIpc) is 2.06. The minimum absolute atomic E-state index is 1.39. The van der Waals surface area contributed by atoms with Crippen LogP contribution in [0.4, 0.5) is 0 Å². The molecule has 0 unspecified atom stereocenters. The maximum absolute atomic E-state index is 3.96. The van der Waals surface area contributed by atoms with E-state index < -0.39 is 0 Å². The maximum atomic E-state index is 3.96. The predicted octanol–water partition coefficient (Wildman–Crippen LogP) is 0.348. The van der Waals surface area contributed by atoms with Crippen molar-refractivity contribution in [2.75, 3.05) is 0 Å². The van der Waals surface area contributed by atoms with E-state index in [1.165, 1.54) is 11.0 Å². The smallest absolute Gasteiger partial charge is 0.156 e. The lowest BCUT2D eigenvalue weighted by Gasteiger charge is -1.94. The second kappa shape index (κ2) is 3.00. The fraction of sp³-hybridized carbons (Fsp3) is 0. The van der Waals surface area contributed by atoms with E-state index in [1.807, 2.05) is 24.3 Å². The minimum Gasteiger partial charge on any atom is -0.156 e. The first-order chi connectivity index (χ1) is 5.97. The Morgan fingerprint density at radius 1 is 0.833 bits per heavy atom. The third-order valence-electron chi connectivity index (χ3n) is 1.35. The molecule has 2 heterocycles. The van der Waals surface area contributed by atoms with Crippen molar-refractivity contribution in [2.45, 2.75) is 0 Å². The Bertz CT molecular complexity index is 374. The zero-order valence-corrected chi connectivity index (χ0v) is 6.28. The highest BCUT2D eigenvalue weighted by molar-refractivity contribution is 4.89. The van der Waals surface area contributed by atoms with Gasteiger partial charge in [-0.1, -0.05) is 12.1 Å². The summed E-state index contributed by atoms with van der Waals surface area (Å²) in [6, 6.07) is 7.54.